The summed E-state index contributed by atoms with van der Waals surface area (Å²) in [7, 11) is 1.51. The second kappa shape index (κ2) is 8.34. The zero-order valence-electron chi connectivity index (χ0n) is 17.5. The van der Waals surface area contributed by atoms with Crippen molar-refractivity contribution in [3.63, 3.8) is 0 Å². The summed E-state index contributed by atoms with van der Waals surface area (Å²) in [4.78, 5) is 37.9. The molecule has 1 amide bonds. The molecule has 1 unspecified atom stereocenters. The Morgan fingerprint density at radius 1 is 1.09 bits per heavy atom. The third-order valence-corrected chi connectivity index (χ3v) is 5.93. The first-order valence-corrected chi connectivity index (χ1v) is 10.2. The fourth-order valence-corrected chi connectivity index (χ4v) is 4.43. The van der Waals surface area contributed by atoms with Crippen molar-refractivity contribution in [2.75, 3.05) is 12.0 Å². The molecule has 1 heterocycles. The van der Waals surface area contributed by atoms with Crippen LogP contribution < -0.4 is 9.64 Å². The number of benzene rings is 2. The smallest absolute Gasteiger partial charge is 0.416 e. The van der Waals surface area contributed by atoms with Crippen LogP contribution in [0.25, 0.3) is 0 Å². The molecule has 0 fully saturated rings. The van der Waals surface area contributed by atoms with E-state index in [-0.39, 0.29) is 24.3 Å². The second-order valence-corrected chi connectivity index (χ2v) is 7.85. The Kier molecular flexibility index (Phi) is 5.69. The highest BCUT2D eigenvalue weighted by Crippen LogP contribution is 2.46. The molecule has 10 heteroatoms. The first-order valence-electron chi connectivity index (χ1n) is 10.2. The fourth-order valence-electron chi connectivity index (χ4n) is 4.43. The van der Waals surface area contributed by atoms with E-state index in [4.69, 9.17) is 4.74 Å². The number of nitro benzene ring substituents is 1. The van der Waals surface area contributed by atoms with Crippen LogP contribution in [0, 0.1) is 10.1 Å². The number of rotatable bonds is 4. The Bertz CT molecular complexity index is 1170. The molecule has 0 saturated heterocycles. The Balaban J connectivity index is 1.87. The summed E-state index contributed by atoms with van der Waals surface area (Å²) in [5.74, 6) is -0.640. The van der Waals surface area contributed by atoms with Gasteiger partial charge in [0, 0.05) is 36.1 Å². The van der Waals surface area contributed by atoms with Crippen LogP contribution in [-0.2, 0) is 15.8 Å². The van der Waals surface area contributed by atoms with E-state index in [0.29, 0.717) is 47.6 Å². The zero-order valence-corrected chi connectivity index (χ0v) is 17.5. The van der Waals surface area contributed by atoms with Gasteiger partial charge in [0.25, 0.3) is 5.69 Å². The summed E-state index contributed by atoms with van der Waals surface area (Å²) in [6.45, 7) is 0. The molecule has 1 aliphatic carbocycles. The number of amides is 1. The van der Waals surface area contributed by atoms with E-state index >= 15 is 0 Å². The van der Waals surface area contributed by atoms with Gasteiger partial charge in [-0.05, 0) is 42.7 Å². The lowest BCUT2D eigenvalue weighted by Crippen LogP contribution is -2.40. The largest absolute Gasteiger partial charge is 0.497 e. The maximum Gasteiger partial charge on any atom is 0.416 e. The summed E-state index contributed by atoms with van der Waals surface area (Å²) in [5.41, 5.74) is -0.897. The van der Waals surface area contributed by atoms with Crippen LogP contribution in [0.5, 0.6) is 5.75 Å². The normalized spacial score (nSPS) is 18.9. The molecule has 0 spiro atoms. The van der Waals surface area contributed by atoms with Gasteiger partial charge in [0.05, 0.1) is 17.6 Å². The highest BCUT2D eigenvalue weighted by atomic mass is 19.4. The first kappa shape index (κ1) is 22.5. The van der Waals surface area contributed by atoms with Gasteiger partial charge in [-0.1, -0.05) is 12.1 Å². The molecule has 0 radical (unpaired) electrons. The van der Waals surface area contributed by atoms with Gasteiger partial charge in [-0.3, -0.25) is 24.6 Å². The highest BCUT2D eigenvalue weighted by molar-refractivity contribution is 6.08. The Hall–Kier alpha value is -3.69. The number of methoxy groups -OCH3 is 1. The van der Waals surface area contributed by atoms with E-state index in [0.717, 1.165) is 11.0 Å². The van der Waals surface area contributed by atoms with Crippen molar-refractivity contribution >= 4 is 23.1 Å². The number of hydrogen-bond acceptors (Lipinski definition) is 5. The molecule has 0 aromatic heterocycles. The number of alkyl halides is 3. The average Bonchev–Trinajstić information content (AvgIpc) is 2.78. The molecule has 0 bridgehead atoms. The average molecular weight is 460 g/mol. The van der Waals surface area contributed by atoms with Crippen molar-refractivity contribution < 1.29 is 32.4 Å². The molecule has 33 heavy (non-hydrogen) atoms. The predicted molar refractivity (Wildman–Crippen MR) is 112 cm³/mol. The first-order chi connectivity index (χ1) is 15.6. The number of hydrogen-bond donors (Lipinski definition) is 0. The summed E-state index contributed by atoms with van der Waals surface area (Å²) >= 11 is 0. The van der Waals surface area contributed by atoms with Crippen LogP contribution in [0.15, 0.2) is 53.7 Å². The molecular weight excluding hydrogens is 441 g/mol. The molecule has 172 valence electrons. The molecule has 0 N–H and O–H groups in total. The van der Waals surface area contributed by atoms with Gasteiger partial charge < -0.3 is 4.74 Å². The van der Waals surface area contributed by atoms with Crippen LogP contribution in [0.2, 0.25) is 0 Å². The maximum atomic E-state index is 13.2. The van der Waals surface area contributed by atoms with Crippen molar-refractivity contribution in [2.24, 2.45) is 0 Å². The van der Waals surface area contributed by atoms with E-state index in [1.165, 1.54) is 7.11 Å². The number of carbonyl (C=O) groups excluding carboxylic acids is 2. The molecular formula is C23H19F3N2O5. The van der Waals surface area contributed by atoms with Gasteiger partial charge in [0.2, 0.25) is 5.91 Å². The topological polar surface area (TPSA) is 89.8 Å². The number of ketones is 1. The molecule has 4 rings (SSSR count). The Morgan fingerprint density at radius 3 is 2.39 bits per heavy atom. The third-order valence-electron chi connectivity index (χ3n) is 5.93. The van der Waals surface area contributed by atoms with Gasteiger partial charge in [0.1, 0.15) is 11.4 Å². The van der Waals surface area contributed by atoms with Crippen molar-refractivity contribution in [1.29, 1.82) is 0 Å². The minimum absolute atomic E-state index is 0.144. The summed E-state index contributed by atoms with van der Waals surface area (Å²) in [5, 5.41) is 11.6. The number of nitrogens with zero attached hydrogens (tertiary/aromatic N) is 2. The molecule has 7 nitrogen and oxygen atoms in total. The van der Waals surface area contributed by atoms with Crippen molar-refractivity contribution in [2.45, 2.75) is 37.8 Å². The van der Waals surface area contributed by atoms with Crippen molar-refractivity contribution in [3.05, 3.63) is 75.0 Å². The van der Waals surface area contributed by atoms with Crippen LogP contribution in [-0.4, -0.2) is 23.7 Å². The number of Topliss-reactive ketones (excluding diaryl/α,β-unsaturated/α-hetero) is 1. The monoisotopic (exact) mass is 460 g/mol. The van der Waals surface area contributed by atoms with E-state index in [2.05, 4.69) is 0 Å². The quantitative estimate of drug-likeness (QED) is 0.465. The molecule has 2 aliphatic rings. The molecule has 2 aromatic carbocycles. The van der Waals surface area contributed by atoms with Crippen LogP contribution in [0.3, 0.4) is 0 Å². The molecule has 1 aliphatic heterocycles. The SMILES string of the molecule is COc1ccc(C2CC(=O)N(c3ccc(C(F)(F)F)cc3[N+](=O)[O-])C3=C2C(=O)CCC3)cc1. The highest BCUT2D eigenvalue weighted by Gasteiger charge is 2.42. The van der Waals surface area contributed by atoms with Crippen molar-refractivity contribution in [1.82, 2.24) is 0 Å². The lowest BCUT2D eigenvalue weighted by molar-refractivity contribution is -0.384. The van der Waals surface area contributed by atoms with E-state index in [9.17, 15) is 32.9 Å². The van der Waals surface area contributed by atoms with Gasteiger partial charge in [0.15, 0.2) is 5.78 Å². The summed E-state index contributed by atoms with van der Waals surface area (Å²) in [6, 6.07) is 8.97. The minimum Gasteiger partial charge on any atom is -0.497 e. The maximum absolute atomic E-state index is 13.2. The fraction of sp³-hybridized carbons (Fsp3) is 0.304. The van der Waals surface area contributed by atoms with Crippen LogP contribution >= 0.6 is 0 Å². The number of halogens is 3. The van der Waals surface area contributed by atoms with E-state index < -0.39 is 34.2 Å². The summed E-state index contributed by atoms with van der Waals surface area (Å²) < 4.78 is 44.5. The molecule has 1 atom stereocenters. The second-order valence-electron chi connectivity index (χ2n) is 7.85. The van der Waals surface area contributed by atoms with E-state index in [1.807, 2.05) is 0 Å². The molecule has 2 aromatic rings. The predicted octanol–water partition coefficient (Wildman–Crippen LogP) is 5.15. The number of ether oxygens (including phenoxy) is 1. The number of nitro groups is 1. The van der Waals surface area contributed by atoms with Crippen LogP contribution in [0.1, 0.15) is 42.7 Å². The van der Waals surface area contributed by atoms with Crippen LogP contribution in [0.4, 0.5) is 24.5 Å². The number of anilines is 1. The zero-order chi connectivity index (χ0) is 23.9. The Morgan fingerprint density at radius 2 is 1.79 bits per heavy atom. The Labute approximate surface area is 186 Å². The number of allylic oxidation sites excluding steroid dienone is 2. The van der Waals surface area contributed by atoms with Crippen molar-refractivity contribution in [3.8, 4) is 5.75 Å². The van der Waals surface area contributed by atoms with Gasteiger partial charge in [-0.2, -0.15) is 13.2 Å². The van der Waals surface area contributed by atoms with E-state index in [1.54, 1.807) is 24.3 Å². The van der Waals surface area contributed by atoms with Gasteiger partial charge in [-0.15, -0.1) is 0 Å². The van der Waals surface area contributed by atoms with Gasteiger partial charge >= 0.3 is 6.18 Å². The lowest BCUT2D eigenvalue weighted by Gasteiger charge is -2.38. The van der Waals surface area contributed by atoms with Gasteiger partial charge in [-0.25, -0.2) is 0 Å². The minimum atomic E-state index is -4.78. The lowest BCUT2D eigenvalue weighted by atomic mass is 9.77. The summed E-state index contributed by atoms with van der Waals surface area (Å²) in [6.07, 6.45) is -3.92. The standard InChI is InChI=1S/C23H19F3N2O5/c1-33-15-8-5-13(6-9-15)16-12-21(30)27(18-3-2-4-20(29)22(16)18)17-10-7-14(23(24,25)26)11-19(17)28(31)32/h5-11,16H,2-4,12H2,1H3. The third kappa shape index (κ3) is 4.08. The molecule has 0 saturated carbocycles. The number of carbonyl (C=O) groups is 2.